The van der Waals surface area contributed by atoms with Crippen molar-refractivity contribution in [3.63, 3.8) is 0 Å². The van der Waals surface area contributed by atoms with Gasteiger partial charge in [-0.2, -0.15) is 0 Å². The normalized spacial score (nSPS) is 12.0. The summed E-state index contributed by atoms with van der Waals surface area (Å²) >= 11 is 0. The van der Waals surface area contributed by atoms with Gasteiger partial charge in [0.05, 0.1) is 17.9 Å². The maximum atomic E-state index is 12.8. The molecule has 0 amide bonds. The minimum atomic E-state index is -0.833. The number of carbonyl (C=O) groups excluding carboxylic acids is 1. The van der Waals surface area contributed by atoms with E-state index in [1.165, 1.54) is 0 Å². The minimum Gasteiger partial charge on any atom is -0.491 e. The molecule has 5 nitrogen and oxygen atoms in total. The summed E-state index contributed by atoms with van der Waals surface area (Å²) in [5.74, 6) is 1.34. The molecule has 30 heavy (non-hydrogen) atoms. The lowest BCUT2D eigenvalue weighted by Gasteiger charge is -2.17. The zero-order chi connectivity index (χ0) is 21.5. The Morgan fingerprint density at radius 3 is 2.70 bits per heavy atom. The van der Waals surface area contributed by atoms with E-state index in [4.69, 9.17) is 4.74 Å². The fraction of sp³-hybridized carbons (Fsp3) is 0.333. The van der Waals surface area contributed by atoms with Crippen LogP contribution in [0.5, 0.6) is 5.75 Å². The second kappa shape index (κ2) is 10.3. The molecule has 3 aromatic rings. The van der Waals surface area contributed by atoms with E-state index in [1.54, 1.807) is 12.5 Å². The molecule has 0 bridgehead atoms. The van der Waals surface area contributed by atoms with Gasteiger partial charge in [0.2, 0.25) is 0 Å². The summed E-state index contributed by atoms with van der Waals surface area (Å²) in [6.07, 6.45) is 5.30. The molecule has 0 aliphatic carbocycles. The van der Waals surface area contributed by atoms with Crippen molar-refractivity contribution in [1.82, 2.24) is 4.98 Å². The Bertz CT molecular complexity index is 1070. The molecule has 0 radical (unpaired) electrons. The van der Waals surface area contributed by atoms with Crippen LogP contribution >= 0.6 is 0 Å². The molecule has 1 aromatic heterocycles. The zero-order valence-electron chi connectivity index (χ0n) is 17.7. The van der Waals surface area contributed by atoms with Crippen molar-refractivity contribution < 1.29 is 13.7 Å². The van der Waals surface area contributed by atoms with E-state index >= 15 is 0 Å². The quantitative estimate of drug-likeness (QED) is 0.348. The number of aromatic nitrogens is 1. The zero-order valence-corrected chi connectivity index (χ0v) is 18.6. The standard InChI is InChI=1S/C24H28N2O3S/c1-4-9-21(27)19-16-25-24-18(23(19)26-20-12-6-5-10-17(20)2)11-7-13-22(24)29-14-8-15-30(3)28/h5-7,10-13,16H,4,8-9,14-15H2,1-3H3,(H,25,26). The summed E-state index contributed by atoms with van der Waals surface area (Å²) < 4.78 is 17.2. The Balaban J connectivity index is 2.03. The fourth-order valence-electron chi connectivity index (χ4n) is 3.31. The lowest BCUT2D eigenvalue weighted by molar-refractivity contribution is 0.0982. The second-order valence-corrected chi connectivity index (χ2v) is 8.85. The Hall–Kier alpha value is -2.73. The third-order valence-electron chi connectivity index (χ3n) is 4.88. The molecule has 0 saturated heterocycles. The van der Waals surface area contributed by atoms with Crippen molar-refractivity contribution >= 4 is 38.9 Å². The van der Waals surface area contributed by atoms with Crippen LogP contribution in [0, 0.1) is 6.92 Å². The third kappa shape index (κ3) is 5.25. The molecular weight excluding hydrogens is 396 g/mol. The van der Waals surface area contributed by atoms with Gasteiger partial charge < -0.3 is 10.1 Å². The smallest absolute Gasteiger partial charge is 0.166 e. The van der Waals surface area contributed by atoms with Crippen LogP contribution in [0.25, 0.3) is 10.9 Å². The van der Waals surface area contributed by atoms with Gasteiger partial charge in [0.1, 0.15) is 11.3 Å². The first-order valence-corrected chi connectivity index (χ1v) is 11.9. The number of nitrogens with one attached hydrogen (secondary N) is 1. The maximum Gasteiger partial charge on any atom is 0.166 e. The highest BCUT2D eigenvalue weighted by atomic mass is 32.2. The van der Waals surface area contributed by atoms with Gasteiger partial charge in [-0.25, -0.2) is 0 Å². The fourth-order valence-corrected chi connectivity index (χ4v) is 3.84. The number of Topliss-reactive ketones (excluding diaryl/α,β-unsaturated/α-hetero) is 1. The largest absolute Gasteiger partial charge is 0.491 e. The number of rotatable bonds is 10. The Kier molecular flexibility index (Phi) is 7.57. The summed E-state index contributed by atoms with van der Waals surface area (Å²) in [7, 11) is -0.833. The number of ether oxygens (including phenoxy) is 1. The van der Waals surface area contributed by atoms with Gasteiger partial charge in [-0.1, -0.05) is 37.3 Å². The molecule has 0 aliphatic rings. The molecular formula is C24H28N2O3S. The first kappa shape index (κ1) is 22.0. The van der Waals surface area contributed by atoms with E-state index in [0.29, 0.717) is 42.0 Å². The predicted octanol–water partition coefficient (Wildman–Crippen LogP) is 5.42. The number of pyridine rings is 1. The number of hydrogen-bond acceptors (Lipinski definition) is 5. The van der Waals surface area contributed by atoms with Gasteiger partial charge in [0.25, 0.3) is 0 Å². The highest BCUT2D eigenvalue weighted by molar-refractivity contribution is 7.84. The summed E-state index contributed by atoms with van der Waals surface area (Å²) in [6, 6.07) is 13.7. The highest BCUT2D eigenvalue weighted by Gasteiger charge is 2.17. The minimum absolute atomic E-state index is 0.0692. The number of para-hydroxylation sites is 2. The van der Waals surface area contributed by atoms with E-state index in [2.05, 4.69) is 10.3 Å². The van der Waals surface area contributed by atoms with Gasteiger partial charge in [0.15, 0.2) is 5.78 Å². The first-order valence-electron chi connectivity index (χ1n) is 10.2. The molecule has 3 rings (SSSR count). The average Bonchev–Trinajstić information content (AvgIpc) is 2.73. The van der Waals surface area contributed by atoms with E-state index in [-0.39, 0.29) is 5.78 Å². The molecule has 0 aliphatic heterocycles. The van der Waals surface area contributed by atoms with Crippen LogP contribution in [0.1, 0.15) is 42.1 Å². The van der Waals surface area contributed by atoms with E-state index in [1.807, 2.05) is 56.3 Å². The van der Waals surface area contributed by atoms with Crippen LogP contribution in [0.3, 0.4) is 0 Å². The highest BCUT2D eigenvalue weighted by Crippen LogP contribution is 2.35. The number of hydrogen-bond donors (Lipinski definition) is 1. The molecule has 0 saturated carbocycles. The molecule has 158 valence electrons. The molecule has 1 atom stereocenters. The van der Waals surface area contributed by atoms with Crippen LogP contribution in [0.15, 0.2) is 48.7 Å². The van der Waals surface area contributed by atoms with Crippen LogP contribution < -0.4 is 10.1 Å². The van der Waals surface area contributed by atoms with Crippen molar-refractivity contribution in [1.29, 1.82) is 0 Å². The molecule has 1 N–H and O–H groups in total. The maximum absolute atomic E-state index is 12.8. The lowest BCUT2D eigenvalue weighted by atomic mass is 10.0. The van der Waals surface area contributed by atoms with Crippen LogP contribution in [0.2, 0.25) is 0 Å². The molecule has 2 aromatic carbocycles. The third-order valence-corrected chi connectivity index (χ3v) is 5.74. The van der Waals surface area contributed by atoms with Gasteiger partial charge in [-0.3, -0.25) is 14.0 Å². The number of anilines is 2. The Morgan fingerprint density at radius 1 is 1.17 bits per heavy atom. The first-order chi connectivity index (χ1) is 14.5. The molecule has 0 fully saturated rings. The SMILES string of the molecule is CCCC(=O)c1cnc2c(OCCCS(C)=O)cccc2c1Nc1ccccc1C. The van der Waals surface area contributed by atoms with Crippen molar-refractivity contribution in [2.24, 2.45) is 0 Å². The summed E-state index contributed by atoms with van der Waals surface area (Å²) in [6.45, 7) is 4.50. The van der Waals surface area contributed by atoms with Gasteiger partial charge >= 0.3 is 0 Å². The van der Waals surface area contributed by atoms with Gasteiger partial charge in [0, 0.05) is 46.5 Å². The van der Waals surface area contributed by atoms with Crippen molar-refractivity contribution in [2.75, 3.05) is 23.9 Å². The Labute approximate surface area is 180 Å². The molecule has 6 heteroatoms. The summed E-state index contributed by atoms with van der Waals surface area (Å²) in [5, 5.41) is 4.32. The molecule has 1 heterocycles. The van der Waals surface area contributed by atoms with Gasteiger partial charge in [-0.05, 0) is 37.5 Å². The van der Waals surface area contributed by atoms with Crippen molar-refractivity contribution in [3.05, 3.63) is 59.8 Å². The summed E-state index contributed by atoms with van der Waals surface area (Å²) in [4.78, 5) is 17.4. The second-order valence-electron chi connectivity index (χ2n) is 7.29. The number of benzene rings is 2. The number of nitrogens with zero attached hydrogens (tertiary/aromatic N) is 1. The summed E-state index contributed by atoms with van der Waals surface area (Å²) in [5.41, 5.74) is 4.10. The van der Waals surface area contributed by atoms with Crippen LogP contribution in [-0.4, -0.2) is 33.6 Å². The van der Waals surface area contributed by atoms with Crippen molar-refractivity contribution in [2.45, 2.75) is 33.1 Å². The lowest BCUT2D eigenvalue weighted by Crippen LogP contribution is -2.07. The molecule has 1 unspecified atom stereocenters. The molecule has 0 spiro atoms. The van der Waals surface area contributed by atoms with E-state index in [0.717, 1.165) is 28.7 Å². The van der Waals surface area contributed by atoms with Crippen molar-refractivity contribution in [3.8, 4) is 5.75 Å². The van der Waals surface area contributed by atoms with Crippen LogP contribution in [-0.2, 0) is 10.8 Å². The van der Waals surface area contributed by atoms with Gasteiger partial charge in [-0.15, -0.1) is 0 Å². The number of aryl methyl sites for hydroxylation is 1. The predicted molar refractivity (Wildman–Crippen MR) is 124 cm³/mol. The van der Waals surface area contributed by atoms with E-state index in [9.17, 15) is 9.00 Å². The topological polar surface area (TPSA) is 68.3 Å². The Morgan fingerprint density at radius 2 is 1.97 bits per heavy atom. The average molecular weight is 425 g/mol. The number of carbonyl (C=O) groups is 1. The number of fused-ring (bicyclic) bond motifs is 1. The van der Waals surface area contributed by atoms with Crippen LogP contribution in [0.4, 0.5) is 11.4 Å². The number of ketones is 1. The monoisotopic (exact) mass is 424 g/mol. The van der Waals surface area contributed by atoms with E-state index < -0.39 is 10.8 Å².